The van der Waals surface area contributed by atoms with E-state index in [1.54, 1.807) is 31.2 Å². The van der Waals surface area contributed by atoms with Crippen LogP contribution in [0.25, 0.3) is 22.0 Å². The van der Waals surface area contributed by atoms with E-state index in [0.717, 1.165) is 47.7 Å². The number of carbonyl (C=O) groups is 2. The molecule has 2 N–H and O–H groups in total. The molecule has 0 aliphatic rings. The second-order valence-corrected chi connectivity index (χ2v) is 9.24. The van der Waals surface area contributed by atoms with Crippen LogP contribution in [-0.2, 0) is 4.79 Å². The van der Waals surface area contributed by atoms with Gasteiger partial charge in [0.25, 0.3) is 5.91 Å². The first-order chi connectivity index (χ1) is 17.1. The maximum Gasteiger partial charge on any atom is 0.263 e. The van der Waals surface area contributed by atoms with Crippen LogP contribution in [0.4, 0.5) is 0 Å². The summed E-state index contributed by atoms with van der Waals surface area (Å²) >= 11 is 1.31. The van der Waals surface area contributed by atoms with E-state index in [1.807, 2.05) is 25.1 Å². The molecule has 0 aliphatic carbocycles. The number of benzene rings is 1. The number of carbonyl (C=O) groups excluding carboxylic acids is 2. The van der Waals surface area contributed by atoms with Crippen molar-refractivity contribution in [3.05, 3.63) is 59.1 Å². The Morgan fingerprint density at radius 2 is 1.97 bits per heavy atom. The van der Waals surface area contributed by atoms with Crippen LogP contribution in [0.15, 0.2) is 48.4 Å². The summed E-state index contributed by atoms with van der Waals surface area (Å²) in [5.41, 5.74) is 3.49. The molecule has 35 heavy (non-hydrogen) atoms. The van der Waals surface area contributed by atoms with Crippen LogP contribution in [0.3, 0.4) is 0 Å². The second-order valence-electron chi connectivity index (χ2n) is 8.35. The van der Waals surface area contributed by atoms with Crippen LogP contribution >= 0.6 is 11.3 Å². The lowest BCUT2D eigenvalue weighted by atomic mass is 10.0. The van der Waals surface area contributed by atoms with Gasteiger partial charge in [0.2, 0.25) is 5.88 Å². The van der Waals surface area contributed by atoms with Gasteiger partial charge in [-0.15, -0.1) is 11.3 Å². The maximum atomic E-state index is 12.7. The van der Waals surface area contributed by atoms with Crippen molar-refractivity contribution in [1.29, 1.82) is 0 Å². The van der Waals surface area contributed by atoms with E-state index in [2.05, 4.69) is 31.3 Å². The van der Waals surface area contributed by atoms with Crippen molar-refractivity contribution in [1.82, 2.24) is 25.3 Å². The highest BCUT2D eigenvalue weighted by Crippen LogP contribution is 2.27. The zero-order chi connectivity index (χ0) is 24.6. The molecule has 4 rings (SSSR count). The zero-order valence-electron chi connectivity index (χ0n) is 19.9. The number of hydrogen-bond donors (Lipinski definition) is 2. The van der Waals surface area contributed by atoms with Crippen LogP contribution in [0, 0.1) is 0 Å². The summed E-state index contributed by atoms with van der Waals surface area (Å²) < 4.78 is 5.21. The third-order valence-electron chi connectivity index (χ3n) is 5.95. The molecule has 0 radical (unpaired) electrons. The van der Waals surface area contributed by atoms with Gasteiger partial charge in [0, 0.05) is 36.1 Å². The number of unbranched alkanes of at least 4 members (excludes halogenated alkanes) is 2. The highest BCUT2D eigenvalue weighted by molar-refractivity contribution is 7.11. The first-order valence-electron chi connectivity index (χ1n) is 11.8. The molecule has 1 atom stereocenters. The van der Waals surface area contributed by atoms with Crippen molar-refractivity contribution in [2.24, 2.45) is 0 Å². The summed E-state index contributed by atoms with van der Waals surface area (Å²) in [5, 5.41) is 5.14. The standard InChI is InChI=1S/C26H29N5O3S/c1-3-20(32)7-5-4-6-8-21(31-26(33)23-15-27-16-35-23)25-29-14-22(30-25)18-10-9-17-12-24(34-2)28-13-19(17)11-18/h9-16,21H,3-8H2,1-2H3,(H,29,30)(H,31,33)/t21-/m0/s1. The van der Waals surface area contributed by atoms with Crippen LogP contribution < -0.4 is 10.1 Å². The molecule has 0 fully saturated rings. The summed E-state index contributed by atoms with van der Waals surface area (Å²) in [5.74, 6) is 1.41. The maximum absolute atomic E-state index is 12.7. The molecular weight excluding hydrogens is 462 g/mol. The molecular formula is C26H29N5O3S. The quantitative estimate of drug-likeness (QED) is 0.254. The lowest BCUT2D eigenvalue weighted by Gasteiger charge is -2.16. The molecule has 4 aromatic rings. The van der Waals surface area contributed by atoms with Gasteiger partial charge >= 0.3 is 0 Å². The Morgan fingerprint density at radius 3 is 2.74 bits per heavy atom. The Labute approximate surface area is 208 Å². The normalized spacial score (nSPS) is 11.9. The van der Waals surface area contributed by atoms with Gasteiger partial charge in [-0.2, -0.15) is 0 Å². The fourth-order valence-electron chi connectivity index (χ4n) is 3.92. The fraction of sp³-hybridized carbons (Fsp3) is 0.346. The summed E-state index contributed by atoms with van der Waals surface area (Å²) in [6, 6.07) is 7.72. The van der Waals surface area contributed by atoms with Crippen molar-refractivity contribution in [2.45, 2.75) is 51.5 Å². The number of fused-ring (bicyclic) bond motifs is 1. The van der Waals surface area contributed by atoms with Crippen molar-refractivity contribution in [3.8, 4) is 17.1 Å². The van der Waals surface area contributed by atoms with Crippen LogP contribution in [0.2, 0.25) is 0 Å². The Hall–Kier alpha value is -3.59. The number of rotatable bonds is 12. The van der Waals surface area contributed by atoms with E-state index in [0.29, 0.717) is 35.2 Å². The number of H-pyrrole nitrogens is 1. The fourth-order valence-corrected chi connectivity index (χ4v) is 4.44. The average Bonchev–Trinajstić information content (AvgIpc) is 3.60. The largest absolute Gasteiger partial charge is 0.481 e. The third-order valence-corrected chi connectivity index (χ3v) is 6.72. The second kappa shape index (κ2) is 11.7. The number of methoxy groups -OCH3 is 1. The Kier molecular flexibility index (Phi) is 8.20. The van der Waals surface area contributed by atoms with Crippen molar-refractivity contribution >= 4 is 33.8 Å². The number of pyridine rings is 1. The van der Waals surface area contributed by atoms with Gasteiger partial charge in [-0.25, -0.2) is 9.97 Å². The molecule has 0 bridgehead atoms. The molecule has 9 heteroatoms. The number of hydrogen-bond acceptors (Lipinski definition) is 7. The smallest absolute Gasteiger partial charge is 0.263 e. The van der Waals surface area contributed by atoms with E-state index >= 15 is 0 Å². The summed E-state index contributed by atoms with van der Waals surface area (Å²) in [6.07, 6.45) is 9.73. The Morgan fingerprint density at radius 1 is 1.09 bits per heavy atom. The molecule has 3 aromatic heterocycles. The number of nitrogens with zero attached hydrogens (tertiary/aromatic N) is 3. The molecule has 0 saturated heterocycles. The minimum absolute atomic E-state index is 0.165. The minimum atomic E-state index is -0.272. The number of amides is 1. The van der Waals surface area contributed by atoms with Crippen LogP contribution in [-0.4, -0.2) is 38.7 Å². The summed E-state index contributed by atoms with van der Waals surface area (Å²) in [7, 11) is 1.60. The summed E-state index contributed by atoms with van der Waals surface area (Å²) in [4.78, 5) is 41.2. The summed E-state index contributed by atoms with van der Waals surface area (Å²) in [6.45, 7) is 1.89. The van der Waals surface area contributed by atoms with Gasteiger partial charge in [0.05, 0.1) is 36.7 Å². The molecule has 3 heterocycles. The first-order valence-corrected chi connectivity index (χ1v) is 12.7. The zero-order valence-corrected chi connectivity index (χ0v) is 20.7. The van der Waals surface area contributed by atoms with Crippen molar-refractivity contribution < 1.29 is 14.3 Å². The van der Waals surface area contributed by atoms with Crippen molar-refractivity contribution in [3.63, 3.8) is 0 Å². The molecule has 1 amide bonds. The van der Waals surface area contributed by atoms with E-state index in [4.69, 9.17) is 4.74 Å². The predicted octanol–water partition coefficient (Wildman–Crippen LogP) is 5.49. The van der Waals surface area contributed by atoms with E-state index in [9.17, 15) is 9.59 Å². The number of ether oxygens (including phenoxy) is 1. The van der Waals surface area contributed by atoms with Gasteiger partial charge in [-0.05, 0) is 24.3 Å². The van der Waals surface area contributed by atoms with Gasteiger partial charge in [0.15, 0.2) is 0 Å². The number of aromatic nitrogens is 4. The molecule has 0 saturated carbocycles. The van der Waals surface area contributed by atoms with Gasteiger partial charge in [0.1, 0.15) is 16.5 Å². The Balaban J connectivity index is 1.49. The molecule has 0 aliphatic heterocycles. The van der Waals surface area contributed by atoms with Crippen molar-refractivity contribution in [2.75, 3.05) is 7.11 Å². The van der Waals surface area contributed by atoms with Gasteiger partial charge in [-0.1, -0.05) is 31.9 Å². The SMILES string of the molecule is CCC(=O)CCCCC[C@H](NC(=O)c1cncs1)c1ncc(-c2ccc3cc(OC)ncc3c2)[nH]1. The monoisotopic (exact) mass is 491 g/mol. The van der Waals surface area contributed by atoms with Gasteiger partial charge < -0.3 is 15.0 Å². The molecule has 8 nitrogen and oxygen atoms in total. The molecule has 182 valence electrons. The van der Waals surface area contributed by atoms with Crippen LogP contribution in [0.1, 0.15) is 67.0 Å². The molecule has 1 aromatic carbocycles. The Bertz CT molecular complexity index is 1290. The third kappa shape index (κ3) is 6.30. The number of Topliss-reactive ketones (excluding diaryl/α,β-unsaturated/α-hetero) is 1. The molecule has 0 spiro atoms. The van der Waals surface area contributed by atoms with Crippen LogP contribution in [0.5, 0.6) is 5.88 Å². The highest BCUT2D eigenvalue weighted by Gasteiger charge is 2.20. The average molecular weight is 492 g/mol. The topological polar surface area (TPSA) is 110 Å². The lowest BCUT2D eigenvalue weighted by molar-refractivity contribution is -0.118. The van der Waals surface area contributed by atoms with E-state index in [-0.39, 0.29) is 11.9 Å². The predicted molar refractivity (Wildman–Crippen MR) is 137 cm³/mol. The number of aromatic amines is 1. The van der Waals surface area contributed by atoms with E-state index in [1.165, 1.54) is 11.3 Å². The number of imidazole rings is 1. The van der Waals surface area contributed by atoms with E-state index < -0.39 is 0 Å². The first kappa shape index (κ1) is 24.5. The van der Waals surface area contributed by atoms with Gasteiger partial charge in [-0.3, -0.25) is 14.6 Å². The highest BCUT2D eigenvalue weighted by atomic mass is 32.1. The number of ketones is 1. The minimum Gasteiger partial charge on any atom is -0.481 e. The number of nitrogens with one attached hydrogen (secondary N) is 2. The molecule has 0 unspecified atom stereocenters. The lowest BCUT2D eigenvalue weighted by Crippen LogP contribution is -2.28. The number of thiazole rings is 1.